The van der Waals surface area contributed by atoms with Crippen LogP contribution in [0.5, 0.6) is 0 Å². The molecule has 0 spiro atoms. The Morgan fingerprint density at radius 1 is 0.875 bits per heavy atom. The molecule has 0 fully saturated rings. The van der Waals surface area contributed by atoms with Crippen molar-refractivity contribution < 1.29 is 14.7 Å². The highest BCUT2D eigenvalue weighted by atomic mass is 16.4. The van der Waals surface area contributed by atoms with E-state index in [1.165, 1.54) is 51.4 Å². The number of carbonyl (C=O) groups is 2. The Labute approximate surface area is 149 Å². The largest absolute Gasteiger partial charge is 0.550 e. The van der Waals surface area contributed by atoms with Crippen molar-refractivity contribution in [1.29, 1.82) is 0 Å². The van der Waals surface area contributed by atoms with Gasteiger partial charge in [0.05, 0.1) is 0 Å². The summed E-state index contributed by atoms with van der Waals surface area (Å²) in [5.74, 6) is -0.855. The van der Waals surface area contributed by atoms with Crippen LogP contribution in [-0.4, -0.2) is 44.0 Å². The van der Waals surface area contributed by atoms with Crippen LogP contribution in [0.3, 0.4) is 0 Å². The molecular formula is C19H39N2O3-. The predicted molar refractivity (Wildman–Crippen MR) is 98.7 cm³/mol. The monoisotopic (exact) mass is 343 g/mol. The Hall–Kier alpha value is -1.10. The molecule has 1 amide bonds. The molecule has 0 aliphatic rings. The highest BCUT2D eigenvalue weighted by molar-refractivity contribution is 5.75. The molecule has 0 aliphatic heterocycles. The molecule has 0 bridgehead atoms. The highest BCUT2D eigenvalue weighted by Gasteiger charge is 2.00. The molecule has 0 aromatic carbocycles. The molecule has 0 saturated heterocycles. The summed E-state index contributed by atoms with van der Waals surface area (Å²) in [6.07, 6.45) is 13.5. The second-order valence-corrected chi connectivity index (χ2v) is 6.58. The van der Waals surface area contributed by atoms with Crippen LogP contribution in [0.2, 0.25) is 0 Å². The minimum Gasteiger partial charge on any atom is -0.550 e. The smallest absolute Gasteiger partial charge is 0.219 e. The third-order valence-corrected chi connectivity index (χ3v) is 3.61. The van der Waals surface area contributed by atoms with Gasteiger partial charge in [-0.3, -0.25) is 4.79 Å². The topological polar surface area (TPSA) is 72.5 Å². The SMILES string of the molecule is CC(=O)[O-].CCCCCCCCCCCC(=O)NCCCN(C)C. The summed E-state index contributed by atoms with van der Waals surface area (Å²) in [4.78, 5) is 22.6. The van der Waals surface area contributed by atoms with Crippen LogP contribution in [0.15, 0.2) is 0 Å². The molecule has 5 heteroatoms. The Morgan fingerprint density at radius 2 is 1.33 bits per heavy atom. The fourth-order valence-corrected chi connectivity index (χ4v) is 2.31. The lowest BCUT2D eigenvalue weighted by Gasteiger charge is -2.09. The van der Waals surface area contributed by atoms with Gasteiger partial charge in [0.1, 0.15) is 0 Å². The van der Waals surface area contributed by atoms with Crippen molar-refractivity contribution in [1.82, 2.24) is 10.2 Å². The number of nitrogens with one attached hydrogen (secondary N) is 1. The first-order chi connectivity index (χ1) is 11.4. The third-order valence-electron chi connectivity index (χ3n) is 3.61. The molecule has 0 aromatic rings. The van der Waals surface area contributed by atoms with Crippen molar-refractivity contribution in [3.8, 4) is 0 Å². The first-order valence-corrected chi connectivity index (χ1v) is 9.49. The van der Waals surface area contributed by atoms with Gasteiger partial charge in [-0.25, -0.2) is 0 Å². The van der Waals surface area contributed by atoms with Gasteiger partial charge in [-0.2, -0.15) is 0 Å². The standard InChI is InChI=1S/C17H36N2O.C2H4O2/c1-4-5-6-7-8-9-10-11-12-14-17(20)18-15-13-16-19(2)3;1-2(3)4/h4-16H2,1-3H3,(H,18,20);1H3,(H,3,4)/p-1. The van der Waals surface area contributed by atoms with Crippen molar-refractivity contribution in [3.05, 3.63) is 0 Å². The number of hydrogen-bond donors (Lipinski definition) is 1. The fourth-order valence-electron chi connectivity index (χ4n) is 2.31. The van der Waals surface area contributed by atoms with Gasteiger partial charge in [-0.05, 0) is 40.4 Å². The van der Waals surface area contributed by atoms with Gasteiger partial charge >= 0.3 is 0 Å². The van der Waals surface area contributed by atoms with E-state index in [1.54, 1.807) is 0 Å². The summed E-state index contributed by atoms with van der Waals surface area (Å²) in [6.45, 7) is 5.08. The number of carboxylic acid groups (broad SMARTS) is 1. The number of hydrogen-bond acceptors (Lipinski definition) is 4. The van der Waals surface area contributed by atoms with Gasteiger partial charge in [0.2, 0.25) is 5.91 Å². The lowest BCUT2D eigenvalue weighted by atomic mass is 10.1. The van der Waals surface area contributed by atoms with Crippen LogP contribution in [0.25, 0.3) is 0 Å². The van der Waals surface area contributed by atoms with Crippen LogP contribution in [0.1, 0.15) is 84.5 Å². The van der Waals surface area contributed by atoms with E-state index in [0.717, 1.165) is 32.9 Å². The van der Waals surface area contributed by atoms with E-state index in [9.17, 15) is 4.79 Å². The zero-order chi connectivity index (χ0) is 18.6. The number of rotatable bonds is 14. The second kappa shape index (κ2) is 19.9. The lowest BCUT2D eigenvalue weighted by Crippen LogP contribution is -2.26. The van der Waals surface area contributed by atoms with Gasteiger partial charge in [0.25, 0.3) is 0 Å². The van der Waals surface area contributed by atoms with Gasteiger partial charge < -0.3 is 20.1 Å². The molecule has 0 saturated carbocycles. The van der Waals surface area contributed by atoms with Crippen molar-refractivity contribution in [2.75, 3.05) is 27.2 Å². The van der Waals surface area contributed by atoms with E-state index in [4.69, 9.17) is 9.90 Å². The van der Waals surface area contributed by atoms with Crippen molar-refractivity contribution >= 4 is 11.9 Å². The molecule has 0 radical (unpaired) electrons. The van der Waals surface area contributed by atoms with Gasteiger partial charge in [-0.15, -0.1) is 0 Å². The Morgan fingerprint density at radius 3 is 1.79 bits per heavy atom. The average molecular weight is 344 g/mol. The zero-order valence-electron chi connectivity index (χ0n) is 16.4. The van der Waals surface area contributed by atoms with Crippen molar-refractivity contribution in [2.24, 2.45) is 0 Å². The second-order valence-electron chi connectivity index (χ2n) is 6.58. The van der Waals surface area contributed by atoms with Crippen molar-refractivity contribution in [2.45, 2.75) is 84.5 Å². The predicted octanol–water partition coefficient (Wildman–Crippen LogP) is 2.73. The molecule has 5 nitrogen and oxygen atoms in total. The molecule has 0 aliphatic carbocycles. The lowest BCUT2D eigenvalue weighted by molar-refractivity contribution is -0.302. The summed E-state index contributed by atoms with van der Waals surface area (Å²) in [7, 11) is 4.12. The van der Waals surface area contributed by atoms with E-state index in [1.807, 2.05) is 0 Å². The molecular weight excluding hydrogens is 304 g/mol. The number of nitrogens with zero attached hydrogens (tertiary/aromatic N) is 1. The molecule has 144 valence electrons. The number of amides is 1. The molecule has 0 atom stereocenters. The summed E-state index contributed by atoms with van der Waals surface area (Å²) in [5.41, 5.74) is 0. The summed E-state index contributed by atoms with van der Waals surface area (Å²) in [6, 6.07) is 0. The third kappa shape index (κ3) is 29.0. The summed E-state index contributed by atoms with van der Waals surface area (Å²) < 4.78 is 0. The fraction of sp³-hybridized carbons (Fsp3) is 0.895. The van der Waals surface area contributed by atoms with Gasteiger partial charge in [0, 0.05) is 18.9 Å². The normalized spacial score (nSPS) is 10.2. The molecule has 1 N–H and O–H groups in total. The van der Waals surface area contributed by atoms with Crippen LogP contribution >= 0.6 is 0 Å². The maximum atomic E-state index is 11.6. The van der Waals surface area contributed by atoms with Crippen LogP contribution in [0, 0.1) is 0 Å². The molecule has 0 unspecified atom stereocenters. The Balaban J connectivity index is 0. The number of unbranched alkanes of at least 4 members (excludes halogenated alkanes) is 8. The summed E-state index contributed by atoms with van der Waals surface area (Å²) >= 11 is 0. The minimum absolute atomic E-state index is 0.228. The van der Waals surface area contributed by atoms with E-state index >= 15 is 0 Å². The zero-order valence-corrected chi connectivity index (χ0v) is 16.4. The van der Waals surface area contributed by atoms with Crippen molar-refractivity contribution in [3.63, 3.8) is 0 Å². The molecule has 24 heavy (non-hydrogen) atoms. The molecule has 0 heterocycles. The first-order valence-electron chi connectivity index (χ1n) is 9.49. The number of aliphatic carboxylic acids is 1. The van der Waals surface area contributed by atoms with Crippen LogP contribution < -0.4 is 10.4 Å². The Kier molecular flexibility index (Phi) is 20.9. The highest BCUT2D eigenvalue weighted by Crippen LogP contribution is 2.10. The minimum atomic E-state index is -1.08. The first kappa shape index (κ1) is 25.1. The van der Waals surface area contributed by atoms with Gasteiger partial charge in [0.15, 0.2) is 0 Å². The maximum Gasteiger partial charge on any atom is 0.219 e. The van der Waals surface area contributed by atoms with E-state index < -0.39 is 5.97 Å². The molecule has 0 aromatic heterocycles. The molecule has 0 rings (SSSR count). The quantitative estimate of drug-likeness (QED) is 0.492. The van der Waals surface area contributed by atoms with Gasteiger partial charge in [-0.1, -0.05) is 58.3 Å². The van der Waals surface area contributed by atoms with Crippen LogP contribution in [0.4, 0.5) is 0 Å². The summed E-state index contributed by atoms with van der Waals surface area (Å²) in [5, 5.41) is 11.9. The van der Waals surface area contributed by atoms with E-state index in [-0.39, 0.29) is 5.91 Å². The Bertz CT molecular complexity index is 290. The average Bonchev–Trinajstić information content (AvgIpc) is 2.49. The maximum absolute atomic E-state index is 11.6. The van der Waals surface area contributed by atoms with E-state index in [0.29, 0.717) is 6.42 Å². The van der Waals surface area contributed by atoms with Crippen LogP contribution in [-0.2, 0) is 9.59 Å². The number of carbonyl (C=O) groups excluding carboxylic acids is 2. The number of carboxylic acids is 1. The van der Waals surface area contributed by atoms with E-state index in [2.05, 4.69) is 31.2 Å².